The molecule has 0 bridgehead atoms. The van der Waals surface area contributed by atoms with Gasteiger partial charge in [-0.1, -0.05) is 17.7 Å². The normalized spacial score (nSPS) is 10.1. The zero-order chi connectivity index (χ0) is 14.5. The molecule has 0 aliphatic rings. The first-order valence-corrected chi connectivity index (χ1v) is 6.28. The molecule has 0 unspecified atom stereocenters. The fourth-order valence-electron chi connectivity index (χ4n) is 1.55. The molecule has 0 spiro atoms. The fraction of sp³-hybridized carbons (Fsp3) is 0.143. The minimum Gasteiger partial charge on any atom is -0.478 e. The van der Waals surface area contributed by atoms with Crippen LogP contribution in [0.2, 0.25) is 5.02 Å². The van der Waals surface area contributed by atoms with Crippen LogP contribution in [0, 0.1) is 0 Å². The Kier molecular flexibility index (Phi) is 4.42. The van der Waals surface area contributed by atoms with Crippen LogP contribution in [0.3, 0.4) is 0 Å². The van der Waals surface area contributed by atoms with Crippen molar-refractivity contribution in [1.29, 1.82) is 0 Å². The molecule has 0 radical (unpaired) electrons. The van der Waals surface area contributed by atoms with Crippen LogP contribution in [-0.4, -0.2) is 22.7 Å². The number of rotatable bonds is 5. The molecule has 6 heteroatoms. The Morgan fingerprint density at radius 1 is 1.30 bits per heavy atom. The maximum Gasteiger partial charge on any atom is 0.339 e. The Bertz CT molecular complexity index is 630. The third-order valence-corrected chi connectivity index (χ3v) is 2.61. The van der Waals surface area contributed by atoms with Gasteiger partial charge in [-0.25, -0.2) is 4.79 Å². The molecule has 5 nitrogen and oxygen atoms in total. The van der Waals surface area contributed by atoms with E-state index >= 15 is 0 Å². The maximum atomic E-state index is 11.1. The van der Waals surface area contributed by atoms with Gasteiger partial charge in [-0.3, -0.25) is 0 Å². The second-order valence-electron chi connectivity index (χ2n) is 3.79. The quantitative estimate of drug-likeness (QED) is 0.911. The van der Waals surface area contributed by atoms with Gasteiger partial charge in [0.2, 0.25) is 11.8 Å². The van der Waals surface area contributed by atoms with Gasteiger partial charge >= 0.3 is 5.97 Å². The summed E-state index contributed by atoms with van der Waals surface area (Å²) in [4.78, 5) is 15.2. The molecular weight excluding hydrogens is 282 g/mol. The van der Waals surface area contributed by atoms with E-state index in [4.69, 9.17) is 26.2 Å². The minimum absolute atomic E-state index is 0.0120. The molecule has 104 valence electrons. The number of carboxylic acids is 1. The van der Waals surface area contributed by atoms with Crippen molar-refractivity contribution in [2.75, 3.05) is 6.61 Å². The van der Waals surface area contributed by atoms with Crippen LogP contribution >= 0.6 is 11.6 Å². The standard InChI is InChI=1S/C14H12ClNO4/c1-2-19-12-4-3-5-13(16-12)20-11-8-9(15)6-7-10(11)14(17)18/h3-8H,2H2,1H3,(H,17,18). The first-order chi connectivity index (χ1) is 9.60. The van der Waals surface area contributed by atoms with Gasteiger partial charge in [-0.2, -0.15) is 4.98 Å². The van der Waals surface area contributed by atoms with Crippen molar-refractivity contribution in [1.82, 2.24) is 4.98 Å². The van der Waals surface area contributed by atoms with Crippen molar-refractivity contribution in [2.24, 2.45) is 0 Å². The van der Waals surface area contributed by atoms with Gasteiger partial charge in [-0.05, 0) is 19.1 Å². The molecule has 2 aromatic rings. The highest BCUT2D eigenvalue weighted by Crippen LogP contribution is 2.28. The van der Waals surface area contributed by atoms with Crippen LogP contribution in [0.15, 0.2) is 36.4 Å². The van der Waals surface area contributed by atoms with Gasteiger partial charge in [0, 0.05) is 23.2 Å². The SMILES string of the molecule is CCOc1cccc(Oc2cc(Cl)ccc2C(=O)O)n1. The number of hydrogen-bond donors (Lipinski definition) is 1. The number of carboxylic acid groups (broad SMARTS) is 1. The van der Waals surface area contributed by atoms with Gasteiger partial charge < -0.3 is 14.6 Å². The summed E-state index contributed by atoms with van der Waals surface area (Å²) in [5.41, 5.74) is 0.0120. The van der Waals surface area contributed by atoms with E-state index in [9.17, 15) is 4.79 Å². The average Bonchev–Trinajstić information content (AvgIpc) is 2.39. The van der Waals surface area contributed by atoms with Crippen molar-refractivity contribution in [2.45, 2.75) is 6.92 Å². The molecular formula is C14H12ClNO4. The number of carbonyl (C=O) groups is 1. The van der Waals surface area contributed by atoms with Crippen LogP contribution in [0.25, 0.3) is 0 Å². The van der Waals surface area contributed by atoms with E-state index in [0.29, 0.717) is 17.5 Å². The third-order valence-electron chi connectivity index (χ3n) is 2.38. The lowest BCUT2D eigenvalue weighted by Gasteiger charge is -2.09. The van der Waals surface area contributed by atoms with E-state index in [2.05, 4.69) is 4.98 Å². The molecule has 0 amide bonds. The smallest absolute Gasteiger partial charge is 0.339 e. The van der Waals surface area contributed by atoms with E-state index in [1.54, 1.807) is 18.2 Å². The molecule has 1 aromatic heterocycles. The second kappa shape index (κ2) is 6.25. The van der Waals surface area contributed by atoms with Crippen LogP contribution in [0.4, 0.5) is 0 Å². The lowest BCUT2D eigenvalue weighted by Crippen LogP contribution is -2.01. The van der Waals surface area contributed by atoms with Gasteiger partial charge in [0.1, 0.15) is 11.3 Å². The monoisotopic (exact) mass is 293 g/mol. The third kappa shape index (κ3) is 3.39. The Morgan fingerprint density at radius 2 is 2.05 bits per heavy atom. The highest BCUT2D eigenvalue weighted by molar-refractivity contribution is 6.30. The molecule has 1 aromatic carbocycles. The first-order valence-electron chi connectivity index (χ1n) is 5.90. The molecule has 0 atom stereocenters. The van der Waals surface area contributed by atoms with Gasteiger partial charge in [0.25, 0.3) is 0 Å². The molecule has 1 N–H and O–H groups in total. The van der Waals surface area contributed by atoms with Gasteiger partial charge in [-0.15, -0.1) is 0 Å². The largest absolute Gasteiger partial charge is 0.478 e. The van der Waals surface area contributed by atoms with E-state index in [0.717, 1.165) is 0 Å². The lowest BCUT2D eigenvalue weighted by molar-refractivity contribution is 0.0694. The number of benzene rings is 1. The van der Waals surface area contributed by atoms with Crippen molar-refractivity contribution >= 4 is 17.6 Å². The minimum atomic E-state index is -1.10. The van der Waals surface area contributed by atoms with Gasteiger partial charge in [0.15, 0.2) is 0 Å². The summed E-state index contributed by atoms with van der Waals surface area (Å²) in [6.45, 7) is 2.32. The summed E-state index contributed by atoms with van der Waals surface area (Å²) in [7, 11) is 0. The van der Waals surface area contributed by atoms with E-state index in [-0.39, 0.29) is 17.2 Å². The van der Waals surface area contributed by atoms with E-state index in [1.807, 2.05) is 6.92 Å². The predicted octanol–water partition coefficient (Wildman–Crippen LogP) is 3.62. The number of aromatic nitrogens is 1. The molecule has 0 saturated carbocycles. The summed E-state index contributed by atoms with van der Waals surface area (Å²) in [6.07, 6.45) is 0. The summed E-state index contributed by atoms with van der Waals surface area (Å²) in [5.74, 6) is -0.326. The Labute approximate surface area is 120 Å². The number of ether oxygens (including phenoxy) is 2. The summed E-state index contributed by atoms with van der Waals surface area (Å²) in [6, 6.07) is 9.30. The lowest BCUT2D eigenvalue weighted by atomic mass is 10.2. The Balaban J connectivity index is 2.31. The van der Waals surface area contributed by atoms with Crippen LogP contribution in [0.1, 0.15) is 17.3 Å². The average molecular weight is 294 g/mol. The van der Waals surface area contributed by atoms with Crippen molar-refractivity contribution in [3.63, 3.8) is 0 Å². The molecule has 20 heavy (non-hydrogen) atoms. The number of nitrogens with zero attached hydrogens (tertiary/aromatic N) is 1. The fourth-order valence-corrected chi connectivity index (χ4v) is 1.71. The highest BCUT2D eigenvalue weighted by atomic mass is 35.5. The highest BCUT2D eigenvalue weighted by Gasteiger charge is 2.13. The van der Waals surface area contributed by atoms with Crippen molar-refractivity contribution in [3.05, 3.63) is 47.0 Å². The molecule has 1 heterocycles. The molecule has 0 aliphatic carbocycles. The number of aromatic carboxylic acids is 1. The summed E-state index contributed by atoms with van der Waals surface area (Å²) in [5, 5.41) is 9.49. The van der Waals surface area contributed by atoms with Crippen LogP contribution in [-0.2, 0) is 0 Å². The molecule has 0 aliphatic heterocycles. The van der Waals surface area contributed by atoms with Crippen LogP contribution < -0.4 is 9.47 Å². The predicted molar refractivity (Wildman–Crippen MR) is 73.9 cm³/mol. The van der Waals surface area contributed by atoms with Crippen molar-refractivity contribution in [3.8, 4) is 17.5 Å². The first kappa shape index (κ1) is 14.1. The summed E-state index contributed by atoms with van der Waals surface area (Å²) >= 11 is 5.85. The molecule has 0 fully saturated rings. The topological polar surface area (TPSA) is 68.7 Å². The van der Waals surface area contributed by atoms with Crippen molar-refractivity contribution < 1.29 is 19.4 Å². The number of hydrogen-bond acceptors (Lipinski definition) is 4. The Morgan fingerprint density at radius 3 is 2.75 bits per heavy atom. The van der Waals surface area contributed by atoms with E-state index < -0.39 is 5.97 Å². The molecule has 2 rings (SSSR count). The van der Waals surface area contributed by atoms with Gasteiger partial charge in [0.05, 0.1) is 6.61 Å². The van der Waals surface area contributed by atoms with Crippen LogP contribution in [0.5, 0.6) is 17.5 Å². The second-order valence-corrected chi connectivity index (χ2v) is 4.23. The zero-order valence-electron chi connectivity index (χ0n) is 10.7. The summed E-state index contributed by atoms with van der Waals surface area (Å²) < 4.78 is 10.7. The number of pyridine rings is 1. The Hall–Kier alpha value is -2.27. The van der Waals surface area contributed by atoms with E-state index in [1.165, 1.54) is 18.2 Å². The molecule has 0 saturated heterocycles. The zero-order valence-corrected chi connectivity index (χ0v) is 11.4. The number of halogens is 1. The maximum absolute atomic E-state index is 11.1.